The van der Waals surface area contributed by atoms with E-state index in [9.17, 15) is 0 Å². The summed E-state index contributed by atoms with van der Waals surface area (Å²) in [6.07, 6.45) is 0. The molecule has 2 nitrogen and oxygen atoms in total. The third kappa shape index (κ3) is 3.83. The highest BCUT2D eigenvalue weighted by atomic mass is 32.1. The van der Waals surface area contributed by atoms with Gasteiger partial charge in [0.25, 0.3) is 0 Å². The van der Waals surface area contributed by atoms with E-state index in [1.807, 2.05) is 72.8 Å². The van der Waals surface area contributed by atoms with Crippen molar-refractivity contribution in [2.45, 2.75) is 11.8 Å². The SMILES string of the molecule is Cc1ccc(Oc2ccc(Oc3ccc(S)cc3)cc2)cc1. The van der Waals surface area contributed by atoms with Crippen molar-refractivity contribution in [1.29, 1.82) is 0 Å². The first-order chi connectivity index (χ1) is 10.7. The summed E-state index contributed by atoms with van der Waals surface area (Å²) in [6.45, 7) is 2.05. The first-order valence-electron chi connectivity index (χ1n) is 7.00. The molecule has 22 heavy (non-hydrogen) atoms. The highest BCUT2D eigenvalue weighted by Crippen LogP contribution is 2.27. The van der Waals surface area contributed by atoms with E-state index >= 15 is 0 Å². The van der Waals surface area contributed by atoms with E-state index in [0.717, 1.165) is 27.9 Å². The van der Waals surface area contributed by atoms with Gasteiger partial charge < -0.3 is 9.47 Å². The predicted octanol–water partition coefficient (Wildman–Crippen LogP) is 5.87. The van der Waals surface area contributed by atoms with E-state index in [4.69, 9.17) is 9.47 Å². The topological polar surface area (TPSA) is 18.5 Å². The van der Waals surface area contributed by atoms with Crippen LogP contribution in [-0.2, 0) is 0 Å². The lowest BCUT2D eigenvalue weighted by Crippen LogP contribution is -1.86. The van der Waals surface area contributed by atoms with Crippen LogP contribution in [0, 0.1) is 6.92 Å². The van der Waals surface area contributed by atoms with Gasteiger partial charge in [0.15, 0.2) is 0 Å². The van der Waals surface area contributed by atoms with Gasteiger partial charge in [-0.3, -0.25) is 0 Å². The van der Waals surface area contributed by atoms with Crippen molar-refractivity contribution in [1.82, 2.24) is 0 Å². The molecule has 0 spiro atoms. The molecule has 0 N–H and O–H groups in total. The Morgan fingerprint density at radius 1 is 0.545 bits per heavy atom. The van der Waals surface area contributed by atoms with Crippen LogP contribution in [0.15, 0.2) is 77.7 Å². The molecule has 0 aliphatic rings. The van der Waals surface area contributed by atoms with Crippen LogP contribution in [0.25, 0.3) is 0 Å². The zero-order valence-corrected chi connectivity index (χ0v) is 13.1. The highest BCUT2D eigenvalue weighted by molar-refractivity contribution is 7.80. The number of aryl methyl sites for hydroxylation is 1. The average Bonchev–Trinajstić information content (AvgIpc) is 2.54. The van der Waals surface area contributed by atoms with E-state index < -0.39 is 0 Å². The van der Waals surface area contributed by atoms with Crippen molar-refractivity contribution < 1.29 is 9.47 Å². The lowest BCUT2D eigenvalue weighted by molar-refractivity contribution is 0.469. The van der Waals surface area contributed by atoms with Gasteiger partial charge in [0.05, 0.1) is 0 Å². The van der Waals surface area contributed by atoms with Gasteiger partial charge in [-0.25, -0.2) is 0 Å². The molecule has 0 atom stereocenters. The second-order valence-electron chi connectivity index (χ2n) is 4.98. The molecule has 0 aliphatic carbocycles. The molecule has 3 rings (SSSR count). The Balaban J connectivity index is 1.67. The molecule has 0 saturated heterocycles. The zero-order valence-electron chi connectivity index (χ0n) is 12.2. The fraction of sp³-hybridized carbons (Fsp3) is 0.0526. The Morgan fingerprint density at radius 3 is 1.27 bits per heavy atom. The maximum Gasteiger partial charge on any atom is 0.127 e. The van der Waals surface area contributed by atoms with Crippen LogP contribution in [0.5, 0.6) is 23.0 Å². The highest BCUT2D eigenvalue weighted by Gasteiger charge is 2.00. The summed E-state index contributed by atoms with van der Waals surface area (Å²) in [4.78, 5) is 0.911. The molecule has 0 radical (unpaired) electrons. The Labute approximate surface area is 135 Å². The molecule has 0 bridgehead atoms. The van der Waals surface area contributed by atoms with Crippen LogP contribution in [0.1, 0.15) is 5.56 Å². The minimum absolute atomic E-state index is 0.767. The largest absolute Gasteiger partial charge is 0.457 e. The molecule has 0 heterocycles. The summed E-state index contributed by atoms with van der Waals surface area (Å²) in [5, 5.41) is 0. The zero-order chi connectivity index (χ0) is 15.4. The molecule has 0 aliphatic heterocycles. The molecule has 0 aromatic heterocycles. The van der Waals surface area contributed by atoms with E-state index in [1.54, 1.807) is 0 Å². The number of ether oxygens (including phenoxy) is 2. The molecule has 3 aromatic carbocycles. The number of benzene rings is 3. The molecule has 0 unspecified atom stereocenters. The van der Waals surface area contributed by atoms with Crippen molar-refractivity contribution in [2.24, 2.45) is 0 Å². The van der Waals surface area contributed by atoms with E-state index in [1.165, 1.54) is 5.56 Å². The van der Waals surface area contributed by atoms with Gasteiger partial charge in [0.2, 0.25) is 0 Å². The molecule has 0 saturated carbocycles. The van der Waals surface area contributed by atoms with Gasteiger partial charge in [-0.05, 0) is 67.6 Å². The average molecular weight is 308 g/mol. The van der Waals surface area contributed by atoms with Crippen molar-refractivity contribution in [3.63, 3.8) is 0 Å². The molecule has 3 heteroatoms. The standard InChI is InChI=1S/C19H16O2S/c1-14-2-4-15(5-3-14)20-16-6-8-17(9-7-16)21-18-10-12-19(22)13-11-18/h2-13,22H,1H3. The predicted molar refractivity (Wildman–Crippen MR) is 91.5 cm³/mol. The van der Waals surface area contributed by atoms with Gasteiger partial charge in [-0.1, -0.05) is 17.7 Å². The summed E-state index contributed by atoms with van der Waals surface area (Å²) in [7, 11) is 0. The summed E-state index contributed by atoms with van der Waals surface area (Å²) in [5.74, 6) is 3.15. The van der Waals surface area contributed by atoms with E-state index in [2.05, 4.69) is 19.6 Å². The normalized spacial score (nSPS) is 10.3. The van der Waals surface area contributed by atoms with Gasteiger partial charge in [-0.15, -0.1) is 12.6 Å². The Hall–Kier alpha value is -2.39. The van der Waals surface area contributed by atoms with Crippen molar-refractivity contribution in [2.75, 3.05) is 0 Å². The molecular formula is C19H16O2S. The summed E-state index contributed by atoms with van der Waals surface area (Å²) in [6, 6.07) is 23.1. The smallest absolute Gasteiger partial charge is 0.127 e. The maximum atomic E-state index is 5.79. The fourth-order valence-corrected chi connectivity index (χ4v) is 2.12. The molecule has 110 valence electrons. The lowest BCUT2D eigenvalue weighted by Gasteiger charge is -2.08. The first-order valence-corrected chi connectivity index (χ1v) is 7.45. The second-order valence-corrected chi connectivity index (χ2v) is 5.50. The Morgan fingerprint density at radius 2 is 0.864 bits per heavy atom. The van der Waals surface area contributed by atoms with E-state index in [0.29, 0.717) is 0 Å². The third-order valence-corrected chi connectivity index (χ3v) is 3.45. The number of thiol groups is 1. The first kappa shape index (κ1) is 14.5. The third-order valence-electron chi connectivity index (χ3n) is 3.15. The van der Waals surface area contributed by atoms with Gasteiger partial charge in [-0.2, -0.15) is 0 Å². The lowest BCUT2D eigenvalue weighted by atomic mass is 10.2. The van der Waals surface area contributed by atoms with Crippen molar-refractivity contribution in [3.8, 4) is 23.0 Å². The monoisotopic (exact) mass is 308 g/mol. The summed E-state index contributed by atoms with van der Waals surface area (Å²) in [5.41, 5.74) is 1.21. The molecule has 0 amide bonds. The van der Waals surface area contributed by atoms with Crippen LogP contribution in [0.3, 0.4) is 0 Å². The van der Waals surface area contributed by atoms with Crippen LogP contribution in [-0.4, -0.2) is 0 Å². The minimum atomic E-state index is 0.767. The quantitative estimate of drug-likeness (QED) is 0.608. The summed E-state index contributed by atoms with van der Waals surface area (Å²) < 4.78 is 11.6. The van der Waals surface area contributed by atoms with Gasteiger partial charge >= 0.3 is 0 Å². The molecular weight excluding hydrogens is 292 g/mol. The van der Waals surface area contributed by atoms with Crippen molar-refractivity contribution >= 4 is 12.6 Å². The van der Waals surface area contributed by atoms with E-state index in [-0.39, 0.29) is 0 Å². The fourth-order valence-electron chi connectivity index (χ4n) is 1.97. The second kappa shape index (κ2) is 6.58. The maximum absolute atomic E-state index is 5.79. The van der Waals surface area contributed by atoms with Crippen LogP contribution in [0.4, 0.5) is 0 Å². The number of hydrogen-bond acceptors (Lipinski definition) is 3. The van der Waals surface area contributed by atoms with Crippen LogP contribution < -0.4 is 9.47 Å². The van der Waals surface area contributed by atoms with Crippen molar-refractivity contribution in [3.05, 3.63) is 78.4 Å². The Bertz CT molecular complexity index is 665. The molecule has 3 aromatic rings. The Kier molecular flexibility index (Phi) is 4.35. The van der Waals surface area contributed by atoms with Crippen LogP contribution >= 0.6 is 12.6 Å². The number of hydrogen-bond donors (Lipinski definition) is 1. The minimum Gasteiger partial charge on any atom is -0.457 e. The summed E-state index contributed by atoms with van der Waals surface area (Å²) >= 11 is 4.25. The van der Waals surface area contributed by atoms with Gasteiger partial charge in [0, 0.05) is 4.90 Å². The van der Waals surface area contributed by atoms with Gasteiger partial charge in [0.1, 0.15) is 23.0 Å². The molecule has 0 fully saturated rings. The van der Waals surface area contributed by atoms with Crippen LogP contribution in [0.2, 0.25) is 0 Å². The number of rotatable bonds is 4.